The van der Waals surface area contributed by atoms with Gasteiger partial charge in [-0.3, -0.25) is 0 Å². The predicted octanol–water partition coefficient (Wildman–Crippen LogP) is 2.29. The minimum absolute atomic E-state index is 0.0717. The van der Waals surface area contributed by atoms with Gasteiger partial charge in [0.15, 0.2) is 0 Å². The van der Waals surface area contributed by atoms with Gasteiger partial charge in [-0.2, -0.15) is 0 Å². The molecular weight excluding hydrogens is 302 g/mol. The average molecular weight is 331 g/mol. The highest BCUT2D eigenvalue weighted by Gasteiger charge is 2.32. The number of hydrogen-bond donors (Lipinski definition) is 1. The summed E-state index contributed by atoms with van der Waals surface area (Å²) in [4.78, 5) is 25.7. The number of anilines is 1. The summed E-state index contributed by atoms with van der Waals surface area (Å²) in [5.74, 6) is 1.42. The van der Waals surface area contributed by atoms with Crippen molar-refractivity contribution in [1.29, 1.82) is 0 Å². The number of carbonyl (C=O) groups is 1. The van der Waals surface area contributed by atoms with Crippen LogP contribution in [0.4, 0.5) is 10.7 Å². The summed E-state index contributed by atoms with van der Waals surface area (Å²) in [6, 6.07) is 0.336. The lowest BCUT2D eigenvalue weighted by Crippen LogP contribution is -2.49. The molecular formula is C18H29N5O. The zero-order valence-electron chi connectivity index (χ0n) is 15.3. The average Bonchev–Trinajstić information content (AvgIpc) is 2.97. The van der Waals surface area contributed by atoms with Gasteiger partial charge in [-0.05, 0) is 44.6 Å². The van der Waals surface area contributed by atoms with Crippen molar-refractivity contribution >= 4 is 12.0 Å². The summed E-state index contributed by atoms with van der Waals surface area (Å²) >= 11 is 0. The van der Waals surface area contributed by atoms with Crippen LogP contribution in [0.15, 0.2) is 0 Å². The highest BCUT2D eigenvalue weighted by Crippen LogP contribution is 2.23. The molecule has 1 aromatic rings. The van der Waals surface area contributed by atoms with Gasteiger partial charge in [-0.15, -0.1) is 0 Å². The van der Waals surface area contributed by atoms with Gasteiger partial charge in [0.2, 0.25) is 5.95 Å². The van der Waals surface area contributed by atoms with E-state index in [0.29, 0.717) is 5.92 Å². The molecule has 1 atom stereocenters. The lowest BCUT2D eigenvalue weighted by molar-refractivity contribution is 0.189. The lowest BCUT2D eigenvalue weighted by Gasteiger charge is -2.37. The van der Waals surface area contributed by atoms with E-state index < -0.39 is 0 Å². The molecule has 1 N–H and O–H groups in total. The number of nitrogens with one attached hydrogen (secondary N) is 1. The number of aromatic nitrogens is 2. The topological polar surface area (TPSA) is 61.4 Å². The van der Waals surface area contributed by atoms with Gasteiger partial charge in [0.1, 0.15) is 0 Å². The predicted molar refractivity (Wildman–Crippen MR) is 95.4 cm³/mol. The highest BCUT2D eigenvalue weighted by atomic mass is 16.2. The van der Waals surface area contributed by atoms with E-state index in [9.17, 15) is 4.79 Å². The van der Waals surface area contributed by atoms with Crippen molar-refractivity contribution < 1.29 is 4.79 Å². The van der Waals surface area contributed by atoms with Gasteiger partial charge < -0.3 is 15.1 Å². The van der Waals surface area contributed by atoms with Crippen LogP contribution in [-0.4, -0.2) is 53.1 Å². The van der Waals surface area contributed by atoms with Crippen molar-refractivity contribution in [3.8, 4) is 0 Å². The first-order chi connectivity index (χ1) is 11.5. The molecule has 0 unspecified atom stereocenters. The number of nitrogens with zero attached hydrogens (tertiary/aromatic N) is 4. The molecule has 2 saturated heterocycles. The standard InChI is InChI=1S/C18H29N5O/c1-12(2)10-16-13(3)20-17(21-14(16)4)22-8-5-6-15(11-22)23-9-7-19-18(23)24/h12,15H,5-11H2,1-4H3,(H,19,24)/t15-/m0/s1. The molecule has 132 valence electrons. The van der Waals surface area contributed by atoms with Gasteiger partial charge in [0.25, 0.3) is 0 Å². The largest absolute Gasteiger partial charge is 0.339 e. The molecule has 3 rings (SSSR count). The Hall–Kier alpha value is -1.85. The molecule has 0 aromatic carbocycles. The molecule has 1 aromatic heterocycles. The normalized spacial score (nSPS) is 21.5. The summed E-state index contributed by atoms with van der Waals surface area (Å²) in [5, 5.41) is 2.90. The molecule has 2 aliphatic heterocycles. The Labute approximate surface area is 144 Å². The maximum atomic E-state index is 11.9. The van der Waals surface area contributed by atoms with Gasteiger partial charge in [0.05, 0.1) is 6.04 Å². The molecule has 6 heteroatoms. The number of amides is 2. The van der Waals surface area contributed by atoms with Crippen LogP contribution in [-0.2, 0) is 6.42 Å². The summed E-state index contributed by atoms with van der Waals surface area (Å²) in [5.41, 5.74) is 3.46. The summed E-state index contributed by atoms with van der Waals surface area (Å²) < 4.78 is 0. The number of aryl methyl sites for hydroxylation is 2. The summed E-state index contributed by atoms with van der Waals surface area (Å²) in [7, 11) is 0. The molecule has 0 bridgehead atoms. The molecule has 2 amide bonds. The molecule has 2 aliphatic rings. The van der Waals surface area contributed by atoms with Crippen LogP contribution in [0.2, 0.25) is 0 Å². The fourth-order valence-corrected chi connectivity index (χ4v) is 3.79. The van der Waals surface area contributed by atoms with Crippen molar-refractivity contribution in [2.75, 3.05) is 31.1 Å². The second kappa shape index (κ2) is 6.95. The molecule has 2 fully saturated rings. The molecule has 24 heavy (non-hydrogen) atoms. The zero-order chi connectivity index (χ0) is 17.3. The third-order valence-corrected chi connectivity index (χ3v) is 5.03. The second-order valence-corrected chi connectivity index (χ2v) is 7.44. The van der Waals surface area contributed by atoms with Gasteiger partial charge in [-0.1, -0.05) is 13.8 Å². The summed E-state index contributed by atoms with van der Waals surface area (Å²) in [6.45, 7) is 12.0. The van der Waals surface area contributed by atoms with Crippen LogP contribution in [0.1, 0.15) is 43.6 Å². The van der Waals surface area contributed by atoms with E-state index in [1.807, 2.05) is 4.90 Å². The quantitative estimate of drug-likeness (QED) is 0.919. The SMILES string of the molecule is Cc1nc(N2CCC[C@H](N3CCNC3=O)C2)nc(C)c1CC(C)C. The van der Waals surface area contributed by atoms with E-state index in [4.69, 9.17) is 9.97 Å². The first-order valence-corrected chi connectivity index (χ1v) is 9.09. The fraction of sp³-hybridized carbons (Fsp3) is 0.722. The third kappa shape index (κ3) is 3.47. The molecule has 3 heterocycles. The number of hydrogen-bond acceptors (Lipinski definition) is 4. The molecule has 0 aliphatic carbocycles. The molecule has 0 saturated carbocycles. The Morgan fingerprint density at radius 2 is 1.92 bits per heavy atom. The number of piperidine rings is 1. The Morgan fingerprint density at radius 1 is 1.21 bits per heavy atom. The van der Waals surface area contributed by atoms with E-state index in [-0.39, 0.29) is 12.1 Å². The monoisotopic (exact) mass is 331 g/mol. The molecule has 0 radical (unpaired) electrons. The van der Waals surface area contributed by atoms with Crippen LogP contribution in [0.5, 0.6) is 0 Å². The molecule has 6 nitrogen and oxygen atoms in total. The van der Waals surface area contributed by atoms with Crippen LogP contribution >= 0.6 is 0 Å². The molecule has 0 spiro atoms. The number of urea groups is 1. The Kier molecular flexibility index (Phi) is 4.92. The van der Waals surface area contributed by atoms with Crippen LogP contribution in [0, 0.1) is 19.8 Å². The van der Waals surface area contributed by atoms with E-state index in [0.717, 1.165) is 62.8 Å². The van der Waals surface area contributed by atoms with Crippen LogP contribution < -0.4 is 10.2 Å². The zero-order valence-corrected chi connectivity index (χ0v) is 15.3. The maximum absolute atomic E-state index is 11.9. The van der Waals surface area contributed by atoms with E-state index in [2.05, 4.69) is 37.9 Å². The minimum atomic E-state index is 0.0717. The second-order valence-electron chi connectivity index (χ2n) is 7.44. The smallest absolute Gasteiger partial charge is 0.317 e. The Balaban J connectivity index is 1.77. The minimum Gasteiger partial charge on any atom is -0.339 e. The van der Waals surface area contributed by atoms with E-state index in [1.165, 1.54) is 5.56 Å². The van der Waals surface area contributed by atoms with Crippen LogP contribution in [0.25, 0.3) is 0 Å². The van der Waals surface area contributed by atoms with Crippen molar-refractivity contribution in [2.24, 2.45) is 5.92 Å². The van der Waals surface area contributed by atoms with Gasteiger partial charge in [0, 0.05) is 37.6 Å². The first kappa shape index (κ1) is 17.0. The van der Waals surface area contributed by atoms with Gasteiger partial charge in [-0.25, -0.2) is 14.8 Å². The van der Waals surface area contributed by atoms with E-state index in [1.54, 1.807) is 0 Å². The Morgan fingerprint density at radius 3 is 2.50 bits per heavy atom. The van der Waals surface area contributed by atoms with Crippen LogP contribution in [0.3, 0.4) is 0 Å². The third-order valence-electron chi connectivity index (χ3n) is 5.03. The maximum Gasteiger partial charge on any atom is 0.317 e. The van der Waals surface area contributed by atoms with Gasteiger partial charge >= 0.3 is 6.03 Å². The lowest BCUT2D eigenvalue weighted by atomic mass is 10.0. The van der Waals surface area contributed by atoms with E-state index >= 15 is 0 Å². The number of rotatable bonds is 4. The highest BCUT2D eigenvalue weighted by molar-refractivity contribution is 5.76. The van der Waals surface area contributed by atoms with Crippen molar-refractivity contribution in [3.05, 3.63) is 17.0 Å². The Bertz CT molecular complexity index is 592. The van der Waals surface area contributed by atoms with Crippen molar-refractivity contribution in [1.82, 2.24) is 20.2 Å². The van der Waals surface area contributed by atoms with Crippen molar-refractivity contribution in [3.63, 3.8) is 0 Å². The fourth-order valence-electron chi connectivity index (χ4n) is 3.79. The first-order valence-electron chi connectivity index (χ1n) is 9.09. The number of carbonyl (C=O) groups excluding carboxylic acids is 1. The summed E-state index contributed by atoms with van der Waals surface area (Å²) in [6.07, 6.45) is 3.16. The van der Waals surface area contributed by atoms with Crippen molar-refractivity contribution in [2.45, 2.75) is 53.0 Å².